The van der Waals surface area contributed by atoms with Crippen molar-refractivity contribution in [3.8, 4) is 0 Å². The molecule has 0 radical (unpaired) electrons. The molecule has 2 unspecified atom stereocenters. The van der Waals surface area contributed by atoms with Crippen LogP contribution >= 0.6 is 0 Å². The number of amides is 2. The Labute approximate surface area is 140 Å². The third-order valence-corrected chi connectivity index (χ3v) is 5.04. The molecule has 3 rings (SSSR count). The summed E-state index contributed by atoms with van der Waals surface area (Å²) in [6, 6.07) is -2.00. The summed E-state index contributed by atoms with van der Waals surface area (Å²) in [5, 5.41) is 3.85. The fraction of sp³-hybridized carbons (Fsp3) is 0.846. The van der Waals surface area contributed by atoms with Gasteiger partial charge in [0, 0.05) is 6.54 Å². The molecule has 11 heteroatoms. The minimum Gasteiger partial charge on any atom is -0.464 e. The first-order chi connectivity index (χ1) is 11.3. The SMILES string of the molecule is O=C(OCC1CCNCC1)C1CCC2CN1C(=O)N2OS(=O)(=O)O. The molecule has 2 bridgehead atoms. The van der Waals surface area contributed by atoms with Crippen molar-refractivity contribution in [2.45, 2.75) is 37.8 Å². The predicted molar refractivity (Wildman–Crippen MR) is 79.9 cm³/mol. The molecule has 3 fully saturated rings. The van der Waals surface area contributed by atoms with Gasteiger partial charge in [-0.2, -0.15) is 13.5 Å². The molecular formula is C13H21N3O7S. The molecule has 0 spiro atoms. The first-order valence-corrected chi connectivity index (χ1v) is 9.36. The van der Waals surface area contributed by atoms with Crippen LogP contribution in [0.2, 0.25) is 0 Å². The summed E-state index contributed by atoms with van der Waals surface area (Å²) >= 11 is 0. The van der Waals surface area contributed by atoms with Crippen molar-refractivity contribution in [2.24, 2.45) is 5.92 Å². The van der Waals surface area contributed by atoms with Crippen LogP contribution in [0.4, 0.5) is 4.79 Å². The average Bonchev–Trinajstić information content (AvgIpc) is 2.77. The van der Waals surface area contributed by atoms with Gasteiger partial charge in [-0.25, -0.2) is 9.59 Å². The van der Waals surface area contributed by atoms with Crippen LogP contribution in [0.5, 0.6) is 0 Å². The lowest BCUT2D eigenvalue weighted by molar-refractivity contribution is -0.151. The molecule has 2 N–H and O–H groups in total. The fourth-order valence-corrected chi connectivity index (χ4v) is 3.81. The number of ether oxygens (including phenoxy) is 1. The summed E-state index contributed by atoms with van der Waals surface area (Å²) in [7, 11) is -4.79. The van der Waals surface area contributed by atoms with Crippen LogP contribution in [0.1, 0.15) is 25.7 Å². The largest absolute Gasteiger partial charge is 0.464 e. The minimum absolute atomic E-state index is 0.168. The van der Waals surface area contributed by atoms with Crippen LogP contribution in [0.3, 0.4) is 0 Å². The lowest BCUT2D eigenvalue weighted by Gasteiger charge is -2.29. The summed E-state index contributed by atoms with van der Waals surface area (Å²) in [5.41, 5.74) is 0. The zero-order chi connectivity index (χ0) is 17.3. The number of fused-ring (bicyclic) bond motifs is 2. The summed E-state index contributed by atoms with van der Waals surface area (Å²) in [5.74, 6) is -0.158. The van der Waals surface area contributed by atoms with Gasteiger partial charge in [-0.1, -0.05) is 0 Å². The number of urea groups is 1. The first kappa shape index (κ1) is 17.4. The molecule has 24 heavy (non-hydrogen) atoms. The normalized spacial score (nSPS) is 28.3. The Bertz CT molecular complexity index is 605. The topological polar surface area (TPSA) is 125 Å². The van der Waals surface area contributed by atoms with Crippen molar-refractivity contribution >= 4 is 22.4 Å². The molecular weight excluding hydrogens is 342 g/mol. The van der Waals surface area contributed by atoms with E-state index in [1.165, 1.54) is 4.90 Å². The number of hydroxylamine groups is 2. The van der Waals surface area contributed by atoms with E-state index in [0.29, 0.717) is 30.4 Å². The Morgan fingerprint density at radius 2 is 1.96 bits per heavy atom. The van der Waals surface area contributed by atoms with Crippen LogP contribution in [0, 0.1) is 5.92 Å². The molecule has 2 amide bonds. The second-order valence-corrected chi connectivity index (χ2v) is 7.34. The van der Waals surface area contributed by atoms with Crippen molar-refractivity contribution in [1.29, 1.82) is 0 Å². The lowest BCUT2D eigenvalue weighted by atomic mass is 9.99. The zero-order valence-corrected chi connectivity index (χ0v) is 13.9. The number of rotatable bonds is 5. The maximum atomic E-state index is 12.3. The van der Waals surface area contributed by atoms with E-state index in [0.717, 1.165) is 25.9 Å². The van der Waals surface area contributed by atoms with Crippen molar-refractivity contribution < 1.29 is 31.6 Å². The molecule has 0 aromatic rings. The molecule has 2 atom stereocenters. The number of carbonyl (C=O) groups is 2. The van der Waals surface area contributed by atoms with Gasteiger partial charge in [0.15, 0.2) is 0 Å². The van der Waals surface area contributed by atoms with Gasteiger partial charge >= 0.3 is 22.4 Å². The van der Waals surface area contributed by atoms with Crippen molar-refractivity contribution in [2.75, 3.05) is 26.2 Å². The molecule has 0 aromatic heterocycles. The van der Waals surface area contributed by atoms with Crippen LogP contribution < -0.4 is 5.32 Å². The third kappa shape index (κ3) is 3.79. The Balaban J connectivity index is 1.58. The summed E-state index contributed by atoms with van der Waals surface area (Å²) in [6.07, 6.45) is 2.65. The highest BCUT2D eigenvalue weighted by Crippen LogP contribution is 2.31. The van der Waals surface area contributed by atoms with Crippen LogP contribution in [-0.2, 0) is 24.2 Å². The predicted octanol–water partition coefficient (Wildman–Crippen LogP) is -0.468. The summed E-state index contributed by atoms with van der Waals surface area (Å²) in [6.45, 7) is 2.30. The van der Waals surface area contributed by atoms with Gasteiger partial charge in [-0.15, -0.1) is 4.28 Å². The maximum absolute atomic E-state index is 12.3. The average molecular weight is 363 g/mol. The molecule has 0 saturated carbocycles. The van der Waals surface area contributed by atoms with E-state index >= 15 is 0 Å². The molecule has 10 nitrogen and oxygen atoms in total. The fourth-order valence-electron chi connectivity index (χ4n) is 3.42. The minimum atomic E-state index is -4.79. The number of hydrogen-bond acceptors (Lipinski definition) is 7. The Morgan fingerprint density at radius 1 is 1.25 bits per heavy atom. The van der Waals surface area contributed by atoms with Gasteiger partial charge in [0.25, 0.3) is 0 Å². The number of nitrogens with zero attached hydrogens (tertiary/aromatic N) is 2. The van der Waals surface area contributed by atoms with Crippen LogP contribution in [0.15, 0.2) is 0 Å². The highest BCUT2D eigenvalue weighted by molar-refractivity contribution is 7.80. The highest BCUT2D eigenvalue weighted by Gasteiger charge is 2.49. The number of nitrogens with one attached hydrogen (secondary N) is 1. The molecule has 3 saturated heterocycles. The van der Waals surface area contributed by atoms with Gasteiger partial charge in [-0.3, -0.25) is 4.55 Å². The maximum Gasteiger partial charge on any atom is 0.418 e. The van der Waals surface area contributed by atoms with E-state index in [4.69, 9.17) is 9.29 Å². The molecule has 3 aliphatic rings. The molecule has 136 valence electrons. The van der Waals surface area contributed by atoms with Gasteiger partial charge in [0.1, 0.15) is 6.04 Å². The Hall–Kier alpha value is -1.43. The van der Waals surface area contributed by atoms with E-state index in [1.807, 2.05) is 0 Å². The quantitative estimate of drug-likeness (QED) is 0.496. The second kappa shape index (κ2) is 6.82. The summed E-state index contributed by atoms with van der Waals surface area (Å²) < 4.78 is 40.1. The molecule has 0 aliphatic carbocycles. The van der Waals surface area contributed by atoms with Crippen molar-refractivity contribution in [3.05, 3.63) is 0 Å². The van der Waals surface area contributed by atoms with Crippen molar-refractivity contribution in [3.63, 3.8) is 0 Å². The van der Waals surface area contributed by atoms with E-state index in [9.17, 15) is 18.0 Å². The van der Waals surface area contributed by atoms with Gasteiger partial charge in [-0.05, 0) is 44.7 Å². The van der Waals surface area contributed by atoms with Gasteiger partial charge in [0.05, 0.1) is 12.6 Å². The van der Waals surface area contributed by atoms with Crippen molar-refractivity contribution in [1.82, 2.24) is 15.3 Å². The third-order valence-electron chi connectivity index (χ3n) is 4.69. The number of piperidine rings is 2. The lowest BCUT2D eigenvalue weighted by Crippen LogP contribution is -2.46. The number of esters is 1. The van der Waals surface area contributed by atoms with E-state index < -0.39 is 34.5 Å². The number of hydrogen-bond donors (Lipinski definition) is 2. The molecule has 3 aliphatic heterocycles. The Morgan fingerprint density at radius 3 is 2.62 bits per heavy atom. The zero-order valence-electron chi connectivity index (χ0n) is 13.1. The van der Waals surface area contributed by atoms with Crippen LogP contribution in [-0.4, -0.2) is 73.3 Å². The monoisotopic (exact) mass is 363 g/mol. The van der Waals surface area contributed by atoms with Crippen LogP contribution in [0.25, 0.3) is 0 Å². The van der Waals surface area contributed by atoms with E-state index in [2.05, 4.69) is 9.60 Å². The van der Waals surface area contributed by atoms with E-state index in [1.54, 1.807) is 0 Å². The second-order valence-electron chi connectivity index (χ2n) is 6.33. The van der Waals surface area contributed by atoms with Gasteiger partial charge < -0.3 is 15.0 Å². The Kier molecular flexibility index (Phi) is 4.95. The van der Waals surface area contributed by atoms with Gasteiger partial charge in [0.2, 0.25) is 0 Å². The molecule has 0 aromatic carbocycles. The standard InChI is InChI=1S/C13H21N3O7S/c17-12(22-8-9-3-5-14-6-4-9)11-2-1-10-7-15(11)13(18)16(10)23-24(19,20)21/h9-11,14H,1-8H2,(H,19,20,21). The van der Waals surface area contributed by atoms with E-state index in [-0.39, 0.29) is 6.54 Å². The smallest absolute Gasteiger partial charge is 0.418 e. The highest BCUT2D eigenvalue weighted by atomic mass is 32.3. The summed E-state index contributed by atoms with van der Waals surface area (Å²) in [4.78, 5) is 25.8. The first-order valence-electron chi connectivity index (χ1n) is 7.99. The molecule has 3 heterocycles. The number of carbonyl (C=O) groups excluding carboxylic acids is 2.